The van der Waals surface area contributed by atoms with Crippen molar-refractivity contribution in [2.24, 2.45) is 0 Å². The molecule has 0 saturated heterocycles. The van der Waals surface area contributed by atoms with Crippen LogP contribution in [0, 0.1) is 0 Å². The number of rotatable bonds is 6. The van der Waals surface area contributed by atoms with Crippen molar-refractivity contribution in [3.8, 4) is 17.2 Å². The summed E-state index contributed by atoms with van der Waals surface area (Å²) in [6, 6.07) is 2.98. The third-order valence-electron chi connectivity index (χ3n) is 2.48. The quantitative estimate of drug-likeness (QED) is 0.785. The first kappa shape index (κ1) is 14.2. The fourth-order valence-electron chi connectivity index (χ4n) is 1.68. The minimum Gasteiger partial charge on any atom is -0.508 e. The molecule has 0 radical (unpaired) electrons. The highest BCUT2D eigenvalue weighted by Crippen LogP contribution is 2.34. The number of phenols is 1. The summed E-state index contributed by atoms with van der Waals surface area (Å²) < 4.78 is 15.2. The second-order valence-corrected chi connectivity index (χ2v) is 3.63. The molecular weight excluding hydrogens is 236 g/mol. The number of methoxy groups -OCH3 is 2. The van der Waals surface area contributed by atoms with Gasteiger partial charge in [0.15, 0.2) is 0 Å². The molecule has 1 aromatic rings. The maximum absolute atomic E-state index is 11.3. The standard InChI is InChI=1S/C13H18O5/c1-4-18-13(15)6-5-10-11(16-2)7-9(14)8-12(10)17-3/h7-8,14H,4-6H2,1-3H3. The van der Waals surface area contributed by atoms with Gasteiger partial charge in [-0.15, -0.1) is 0 Å². The summed E-state index contributed by atoms with van der Waals surface area (Å²) in [5.41, 5.74) is 0.742. The van der Waals surface area contributed by atoms with Gasteiger partial charge in [-0.1, -0.05) is 0 Å². The monoisotopic (exact) mass is 254 g/mol. The second kappa shape index (κ2) is 6.74. The molecule has 0 heterocycles. The maximum Gasteiger partial charge on any atom is 0.306 e. The van der Waals surface area contributed by atoms with Crippen LogP contribution in [0.15, 0.2) is 12.1 Å². The lowest BCUT2D eigenvalue weighted by Gasteiger charge is -2.13. The number of carbonyl (C=O) groups excluding carboxylic acids is 1. The van der Waals surface area contributed by atoms with Gasteiger partial charge in [-0.2, -0.15) is 0 Å². The molecule has 1 aromatic carbocycles. The predicted octanol–water partition coefficient (Wildman–Crippen LogP) is 1.91. The number of aromatic hydroxyl groups is 1. The minimum absolute atomic E-state index is 0.0589. The molecule has 100 valence electrons. The Labute approximate surface area is 106 Å². The van der Waals surface area contributed by atoms with Crippen LogP contribution >= 0.6 is 0 Å². The number of hydrogen-bond donors (Lipinski definition) is 1. The third-order valence-corrected chi connectivity index (χ3v) is 2.48. The van der Waals surface area contributed by atoms with Crippen LogP contribution in [0.4, 0.5) is 0 Å². The Balaban J connectivity index is 2.88. The van der Waals surface area contributed by atoms with Crippen LogP contribution in [0.25, 0.3) is 0 Å². The largest absolute Gasteiger partial charge is 0.508 e. The van der Waals surface area contributed by atoms with E-state index in [9.17, 15) is 9.90 Å². The van der Waals surface area contributed by atoms with Crippen LogP contribution in [-0.2, 0) is 16.0 Å². The smallest absolute Gasteiger partial charge is 0.306 e. The van der Waals surface area contributed by atoms with E-state index in [-0.39, 0.29) is 18.1 Å². The molecule has 0 spiro atoms. The highest BCUT2D eigenvalue weighted by atomic mass is 16.5. The van der Waals surface area contributed by atoms with E-state index in [0.29, 0.717) is 24.5 Å². The molecule has 0 aromatic heterocycles. The zero-order valence-corrected chi connectivity index (χ0v) is 10.9. The number of esters is 1. The van der Waals surface area contributed by atoms with Crippen LogP contribution in [0.3, 0.4) is 0 Å². The third kappa shape index (κ3) is 3.55. The Kier molecular flexibility index (Phi) is 5.30. The van der Waals surface area contributed by atoms with Crippen LogP contribution in [-0.4, -0.2) is 31.9 Å². The molecule has 0 atom stereocenters. The Hall–Kier alpha value is -1.91. The predicted molar refractivity (Wildman–Crippen MR) is 66.2 cm³/mol. The van der Waals surface area contributed by atoms with Gasteiger partial charge in [-0.05, 0) is 13.3 Å². The van der Waals surface area contributed by atoms with Crippen molar-refractivity contribution in [2.45, 2.75) is 19.8 Å². The van der Waals surface area contributed by atoms with E-state index in [1.54, 1.807) is 6.92 Å². The topological polar surface area (TPSA) is 65.0 Å². The summed E-state index contributed by atoms with van der Waals surface area (Å²) in [6.07, 6.45) is 0.677. The van der Waals surface area contributed by atoms with E-state index < -0.39 is 0 Å². The molecule has 1 N–H and O–H groups in total. The van der Waals surface area contributed by atoms with Gasteiger partial charge >= 0.3 is 5.97 Å². The second-order valence-electron chi connectivity index (χ2n) is 3.63. The van der Waals surface area contributed by atoms with Gasteiger partial charge in [0.25, 0.3) is 0 Å². The van der Waals surface area contributed by atoms with Crippen LogP contribution in [0.1, 0.15) is 18.9 Å². The number of hydrogen-bond acceptors (Lipinski definition) is 5. The molecular formula is C13H18O5. The fraction of sp³-hybridized carbons (Fsp3) is 0.462. The molecule has 0 bridgehead atoms. The van der Waals surface area contributed by atoms with Gasteiger partial charge in [0.1, 0.15) is 17.2 Å². The summed E-state index contributed by atoms with van der Waals surface area (Å²) in [5, 5.41) is 9.49. The lowest BCUT2D eigenvalue weighted by molar-refractivity contribution is -0.143. The van der Waals surface area contributed by atoms with Gasteiger partial charge in [0.2, 0.25) is 0 Å². The van der Waals surface area contributed by atoms with Gasteiger partial charge < -0.3 is 19.3 Å². The van der Waals surface area contributed by atoms with E-state index in [4.69, 9.17) is 14.2 Å². The van der Waals surface area contributed by atoms with E-state index in [0.717, 1.165) is 5.56 Å². The molecule has 0 aliphatic carbocycles. The molecule has 1 rings (SSSR count). The summed E-state index contributed by atoms with van der Waals surface area (Å²) >= 11 is 0. The summed E-state index contributed by atoms with van der Waals surface area (Å²) in [5.74, 6) is 0.783. The summed E-state index contributed by atoms with van der Waals surface area (Å²) in [6.45, 7) is 2.13. The van der Waals surface area contributed by atoms with E-state index >= 15 is 0 Å². The van der Waals surface area contributed by atoms with Crippen molar-refractivity contribution in [3.05, 3.63) is 17.7 Å². The van der Waals surface area contributed by atoms with Crippen molar-refractivity contribution >= 4 is 5.97 Å². The van der Waals surface area contributed by atoms with Crippen LogP contribution in [0.5, 0.6) is 17.2 Å². The Morgan fingerprint density at radius 2 is 1.78 bits per heavy atom. The van der Waals surface area contributed by atoms with Crippen molar-refractivity contribution in [1.82, 2.24) is 0 Å². The molecule has 0 saturated carbocycles. The average molecular weight is 254 g/mol. The van der Waals surface area contributed by atoms with E-state index in [1.807, 2.05) is 0 Å². The summed E-state index contributed by atoms with van der Waals surface area (Å²) in [7, 11) is 3.00. The first-order chi connectivity index (χ1) is 8.62. The highest BCUT2D eigenvalue weighted by molar-refractivity contribution is 5.70. The minimum atomic E-state index is -0.269. The molecule has 0 amide bonds. The molecule has 0 aliphatic rings. The van der Waals surface area contributed by atoms with Gasteiger partial charge in [-0.3, -0.25) is 4.79 Å². The van der Waals surface area contributed by atoms with Crippen molar-refractivity contribution in [2.75, 3.05) is 20.8 Å². The lowest BCUT2D eigenvalue weighted by Crippen LogP contribution is -2.06. The van der Waals surface area contributed by atoms with Crippen molar-refractivity contribution in [3.63, 3.8) is 0 Å². The van der Waals surface area contributed by atoms with Crippen LogP contribution in [0.2, 0.25) is 0 Å². The van der Waals surface area contributed by atoms with E-state index in [2.05, 4.69) is 0 Å². The number of benzene rings is 1. The Morgan fingerprint density at radius 1 is 1.22 bits per heavy atom. The maximum atomic E-state index is 11.3. The van der Waals surface area contributed by atoms with E-state index in [1.165, 1.54) is 26.4 Å². The number of phenolic OH excluding ortho intramolecular Hbond substituents is 1. The fourth-order valence-corrected chi connectivity index (χ4v) is 1.68. The van der Waals surface area contributed by atoms with Crippen molar-refractivity contribution < 1.29 is 24.1 Å². The molecule has 0 unspecified atom stereocenters. The summed E-state index contributed by atoms with van der Waals surface area (Å²) in [4.78, 5) is 11.3. The molecule has 0 aliphatic heterocycles. The Bertz CT molecular complexity index is 389. The normalized spacial score (nSPS) is 9.94. The molecule has 18 heavy (non-hydrogen) atoms. The first-order valence-electron chi connectivity index (χ1n) is 5.71. The van der Waals surface area contributed by atoms with Gasteiger partial charge in [0.05, 0.1) is 20.8 Å². The number of carbonyl (C=O) groups is 1. The Morgan fingerprint density at radius 3 is 2.22 bits per heavy atom. The van der Waals surface area contributed by atoms with Crippen LogP contribution < -0.4 is 9.47 Å². The molecule has 5 nitrogen and oxygen atoms in total. The highest BCUT2D eigenvalue weighted by Gasteiger charge is 2.14. The first-order valence-corrected chi connectivity index (χ1v) is 5.71. The van der Waals surface area contributed by atoms with Crippen molar-refractivity contribution in [1.29, 1.82) is 0 Å². The number of ether oxygens (including phenoxy) is 3. The van der Waals surface area contributed by atoms with Gasteiger partial charge in [-0.25, -0.2) is 0 Å². The zero-order valence-electron chi connectivity index (χ0n) is 10.9. The SMILES string of the molecule is CCOC(=O)CCc1c(OC)cc(O)cc1OC. The molecule has 0 fully saturated rings. The zero-order chi connectivity index (χ0) is 13.5. The molecule has 5 heteroatoms. The van der Waals surface area contributed by atoms with Gasteiger partial charge in [0, 0.05) is 24.1 Å². The lowest BCUT2D eigenvalue weighted by atomic mass is 10.1. The average Bonchev–Trinajstić information content (AvgIpc) is 2.36.